The van der Waals surface area contributed by atoms with Crippen LogP contribution in [0.25, 0.3) is 0 Å². The van der Waals surface area contributed by atoms with E-state index >= 15 is 0 Å². The summed E-state index contributed by atoms with van der Waals surface area (Å²) in [5.74, 6) is 0.166. The van der Waals surface area contributed by atoms with Crippen LogP contribution in [0.1, 0.15) is 21.5 Å². The summed E-state index contributed by atoms with van der Waals surface area (Å²) in [4.78, 5) is 12.4. The first kappa shape index (κ1) is 17.7. The minimum Gasteiger partial charge on any atom is -0.488 e. The second-order valence-electron chi connectivity index (χ2n) is 5.52. The molecule has 0 fully saturated rings. The number of hydrogen-bond acceptors (Lipinski definition) is 3. The molecule has 0 bridgehead atoms. The van der Waals surface area contributed by atoms with E-state index in [0.29, 0.717) is 22.9 Å². The van der Waals surface area contributed by atoms with Gasteiger partial charge in [0.2, 0.25) is 0 Å². The summed E-state index contributed by atoms with van der Waals surface area (Å²) in [6, 6.07) is 24.0. The Morgan fingerprint density at radius 1 is 1.00 bits per heavy atom. The van der Waals surface area contributed by atoms with Crippen LogP contribution in [0.2, 0.25) is 5.02 Å². The maximum atomic E-state index is 12.4. The van der Waals surface area contributed by atoms with Gasteiger partial charge >= 0.3 is 0 Å². The van der Waals surface area contributed by atoms with Gasteiger partial charge in [0, 0.05) is 5.02 Å². The van der Waals surface area contributed by atoms with E-state index in [2.05, 4.69) is 10.5 Å². The lowest BCUT2D eigenvalue weighted by Gasteiger charge is -2.10. The van der Waals surface area contributed by atoms with E-state index in [1.165, 1.54) is 6.21 Å². The van der Waals surface area contributed by atoms with E-state index in [1.54, 1.807) is 30.3 Å². The fraction of sp³-hybridized carbons (Fsp3) is 0.0476. The van der Waals surface area contributed by atoms with E-state index in [0.717, 1.165) is 11.1 Å². The number of amides is 1. The number of benzene rings is 3. The number of halogens is 1. The summed E-state index contributed by atoms with van der Waals surface area (Å²) in [7, 11) is 0. The molecule has 0 aromatic heterocycles. The predicted molar refractivity (Wildman–Crippen MR) is 104 cm³/mol. The van der Waals surface area contributed by atoms with E-state index in [1.807, 2.05) is 48.5 Å². The van der Waals surface area contributed by atoms with Crippen molar-refractivity contribution in [1.82, 2.24) is 5.43 Å². The average molecular weight is 365 g/mol. The van der Waals surface area contributed by atoms with Crippen molar-refractivity contribution < 1.29 is 9.53 Å². The molecule has 26 heavy (non-hydrogen) atoms. The van der Waals surface area contributed by atoms with Crippen molar-refractivity contribution >= 4 is 23.7 Å². The molecule has 0 saturated carbocycles. The number of para-hydroxylation sites is 1. The molecule has 130 valence electrons. The molecule has 0 aliphatic carbocycles. The standard InChI is InChI=1S/C21H17ClN2O2/c22-18-10-6-9-17(13-18)14-23-24-21(25)19-11-4-5-12-20(19)26-15-16-7-2-1-3-8-16/h1-14H,15H2,(H,24,25)/b23-14+. The topological polar surface area (TPSA) is 50.7 Å². The van der Waals surface area contributed by atoms with Gasteiger partial charge in [-0.2, -0.15) is 5.10 Å². The first-order chi connectivity index (χ1) is 12.7. The second-order valence-corrected chi connectivity index (χ2v) is 5.96. The van der Waals surface area contributed by atoms with Gasteiger partial charge in [-0.05, 0) is 35.4 Å². The molecule has 0 radical (unpaired) electrons. The lowest BCUT2D eigenvalue weighted by Crippen LogP contribution is -2.18. The molecule has 0 unspecified atom stereocenters. The molecule has 0 saturated heterocycles. The molecular formula is C21H17ClN2O2. The van der Waals surface area contributed by atoms with Crippen LogP contribution in [0.5, 0.6) is 5.75 Å². The van der Waals surface area contributed by atoms with Crippen LogP contribution in [0.3, 0.4) is 0 Å². The molecule has 0 atom stereocenters. The first-order valence-electron chi connectivity index (χ1n) is 8.07. The number of nitrogens with zero attached hydrogens (tertiary/aromatic N) is 1. The van der Waals surface area contributed by atoms with Crippen molar-refractivity contribution in [1.29, 1.82) is 0 Å². The zero-order valence-electron chi connectivity index (χ0n) is 13.9. The Morgan fingerprint density at radius 3 is 2.58 bits per heavy atom. The summed E-state index contributed by atoms with van der Waals surface area (Å²) in [6.07, 6.45) is 1.54. The summed E-state index contributed by atoms with van der Waals surface area (Å²) in [6.45, 7) is 0.386. The Balaban J connectivity index is 1.65. The smallest absolute Gasteiger partial charge is 0.275 e. The molecule has 5 heteroatoms. The van der Waals surface area contributed by atoms with Crippen molar-refractivity contribution in [2.75, 3.05) is 0 Å². The van der Waals surface area contributed by atoms with Crippen LogP contribution in [0.4, 0.5) is 0 Å². The van der Waals surface area contributed by atoms with Gasteiger partial charge in [0.1, 0.15) is 12.4 Å². The van der Waals surface area contributed by atoms with Gasteiger partial charge in [-0.1, -0.05) is 66.2 Å². The Kier molecular flexibility index (Phi) is 6.01. The lowest BCUT2D eigenvalue weighted by molar-refractivity contribution is 0.0950. The minimum atomic E-state index is -0.341. The number of hydrogen-bond donors (Lipinski definition) is 1. The summed E-state index contributed by atoms with van der Waals surface area (Å²) < 4.78 is 5.79. The number of carbonyl (C=O) groups excluding carboxylic acids is 1. The summed E-state index contributed by atoms with van der Waals surface area (Å²) in [5, 5.41) is 4.59. The van der Waals surface area contributed by atoms with Gasteiger partial charge in [-0.25, -0.2) is 5.43 Å². The SMILES string of the molecule is O=C(N/N=C/c1cccc(Cl)c1)c1ccccc1OCc1ccccc1. The maximum Gasteiger partial charge on any atom is 0.275 e. The Hall–Kier alpha value is -3.11. The number of carbonyl (C=O) groups is 1. The van der Waals surface area contributed by atoms with E-state index < -0.39 is 0 Å². The third-order valence-corrected chi connectivity index (χ3v) is 3.83. The fourth-order valence-corrected chi connectivity index (χ4v) is 2.53. The number of rotatable bonds is 6. The molecule has 3 rings (SSSR count). The van der Waals surface area contributed by atoms with Crippen LogP contribution in [0, 0.1) is 0 Å². The van der Waals surface area contributed by atoms with Crippen LogP contribution in [0.15, 0.2) is 84.0 Å². The highest BCUT2D eigenvalue weighted by Crippen LogP contribution is 2.19. The largest absolute Gasteiger partial charge is 0.488 e. The summed E-state index contributed by atoms with van der Waals surface area (Å²) >= 11 is 5.92. The second kappa shape index (κ2) is 8.83. The van der Waals surface area contributed by atoms with Gasteiger partial charge in [0.25, 0.3) is 5.91 Å². The molecule has 1 amide bonds. The zero-order valence-corrected chi connectivity index (χ0v) is 14.7. The maximum absolute atomic E-state index is 12.4. The molecule has 4 nitrogen and oxygen atoms in total. The fourth-order valence-electron chi connectivity index (χ4n) is 2.33. The normalized spacial score (nSPS) is 10.7. The molecule has 0 heterocycles. The van der Waals surface area contributed by atoms with Crippen molar-refractivity contribution in [3.05, 3.63) is 101 Å². The minimum absolute atomic E-state index is 0.341. The zero-order chi connectivity index (χ0) is 18.2. The van der Waals surface area contributed by atoms with Crippen LogP contribution in [-0.2, 0) is 6.61 Å². The molecule has 3 aromatic carbocycles. The van der Waals surface area contributed by atoms with Gasteiger partial charge in [0.15, 0.2) is 0 Å². The molecule has 0 aliphatic rings. The van der Waals surface area contributed by atoms with Crippen molar-refractivity contribution in [3.63, 3.8) is 0 Å². The van der Waals surface area contributed by atoms with Gasteiger partial charge in [-0.3, -0.25) is 4.79 Å². The molecular weight excluding hydrogens is 348 g/mol. The number of hydrazone groups is 1. The highest BCUT2D eigenvalue weighted by molar-refractivity contribution is 6.30. The van der Waals surface area contributed by atoms with Crippen molar-refractivity contribution in [2.24, 2.45) is 5.10 Å². The van der Waals surface area contributed by atoms with Crippen molar-refractivity contribution in [2.45, 2.75) is 6.61 Å². The van der Waals surface area contributed by atoms with Crippen molar-refractivity contribution in [3.8, 4) is 5.75 Å². The third-order valence-electron chi connectivity index (χ3n) is 3.60. The Morgan fingerprint density at radius 2 is 1.77 bits per heavy atom. The number of ether oxygens (including phenoxy) is 1. The number of nitrogens with one attached hydrogen (secondary N) is 1. The van der Waals surface area contributed by atoms with Gasteiger partial charge < -0.3 is 4.74 Å². The highest BCUT2D eigenvalue weighted by Gasteiger charge is 2.11. The van der Waals surface area contributed by atoms with Crippen LogP contribution in [-0.4, -0.2) is 12.1 Å². The highest BCUT2D eigenvalue weighted by atomic mass is 35.5. The quantitative estimate of drug-likeness (QED) is 0.510. The third kappa shape index (κ3) is 4.94. The van der Waals surface area contributed by atoms with E-state index in [4.69, 9.17) is 16.3 Å². The van der Waals surface area contributed by atoms with Crippen LogP contribution >= 0.6 is 11.6 Å². The molecule has 0 aliphatic heterocycles. The molecule has 1 N–H and O–H groups in total. The van der Waals surface area contributed by atoms with E-state index in [-0.39, 0.29) is 5.91 Å². The molecule has 0 spiro atoms. The Labute approximate surface area is 157 Å². The molecule has 3 aromatic rings. The summed E-state index contributed by atoms with van der Waals surface area (Å²) in [5.41, 5.74) is 4.76. The van der Waals surface area contributed by atoms with Crippen LogP contribution < -0.4 is 10.2 Å². The lowest BCUT2D eigenvalue weighted by atomic mass is 10.2. The Bertz CT molecular complexity index is 911. The average Bonchev–Trinajstić information content (AvgIpc) is 2.67. The first-order valence-corrected chi connectivity index (χ1v) is 8.45. The van der Waals surface area contributed by atoms with E-state index in [9.17, 15) is 4.79 Å². The predicted octanol–water partition coefficient (Wildman–Crippen LogP) is 4.68. The van der Waals surface area contributed by atoms with Gasteiger partial charge in [-0.15, -0.1) is 0 Å². The van der Waals surface area contributed by atoms with Gasteiger partial charge in [0.05, 0.1) is 11.8 Å². The monoisotopic (exact) mass is 364 g/mol.